The van der Waals surface area contributed by atoms with Crippen LogP contribution in [0.3, 0.4) is 0 Å². The molecule has 0 fully saturated rings. The molecule has 7 nitrogen and oxygen atoms in total. The van der Waals surface area contributed by atoms with Crippen molar-refractivity contribution in [3.8, 4) is 17.2 Å². The first-order valence-corrected chi connectivity index (χ1v) is 5.76. The molecule has 0 aliphatic rings. The van der Waals surface area contributed by atoms with Crippen molar-refractivity contribution in [3.05, 3.63) is 17.7 Å². The van der Waals surface area contributed by atoms with Gasteiger partial charge >= 0.3 is 0 Å². The van der Waals surface area contributed by atoms with E-state index in [1.54, 1.807) is 0 Å². The second kappa shape index (κ2) is 6.65. The summed E-state index contributed by atoms with van der Waals surface area (Å²) < 4.78 is 15.3. The van der Waals surface area contributed by atoms with Gasteiger partial charge in [0.25, 0.3) is 5.91 Å². The first-order chi connectivity index (χ1) is 9.44. The lowest BCUT2D eigenvalue weighted by molar-refractivity contribution is -0.307. The molecule has 0 aliphatic carbocycles. The Morgan fingerprint density at radius 1 is 1.10 bits per heavy atom. The van der Waals surface area contributed by atoms with E-state index in [2.05, 4.69) is 5.32 Å². The zero-order valence-corrected chi connectivity index (χ0v) is 11.7. The molecule has 0 radical (unpaired) electrons. The lowest BCUT2D eigenvalue weighted by Gasteiger charge is -2.17. The summed E-state index contributed by atoms with van der Waals surface area (Å²) >= 11 is 0. The number of hydrogen-bond donors (Lipinski definition) is 1. The molecule has 110 valence electrons. The van der Waals surface area contributed by atoms with Crippen molar-refractivity contribution < 1.29 is 28.9 Å². The highest BCUT2D eigenvalue weighted by Gasteiger charge is 2.18. The molecule has 1 N–H and O–H groups in total. The van der Waals surface area contributed by atoms with Crippen LogP contribution in [0.1, 0.15) is 17.3 Å². The molecule has 0 heterocycles. The quantitative estimate of drug-likeness (QED) is 0.761. The molecule has 7 heteroatoms. The van der Waals surface area contributed by atoms with Crippen LogP contribution < -0.4 is 24.6 Å². The Kier molecular flexibility index (Phi) is 5.19. The van der Waals surface area contributed by atoms with Crippen molar-refractivity contribution in [2.45, 2.75) is 13.0 Å². The predicted octanol–water partition coefficient (Wildman–Crippen LogP) is -0.419. The van der Waals surface area contributed by atoms with E-state index in [1.807, 2.05) is 0 Å². The van der Waals surface area contributed by atoms with Crippen molar-refractivity contribution in [2.75, 3.05) is 21.3 Å². The summed E-state index contributed by atoms with van der Waals surface area (Å²) in [5.74, 6) is -0.998. The van der Waals surface area contributed by atoms with Gasteiger partial charge in [0.1, 0.15) is 0 Å². The summed E-state index contributed by atoms with van der Waals surface area (Å²) in [4.78, 5) is 22.6. The fourth-order valence-corrected chi connectivity index (χ4v) is 1.55. The van der Waals surface area contributed by atoms with Gasteiger partial charge in [-0.25, -0.2) is 0 Å². The molecule has 0 spiro atoms. The number of carboxylic acids is 1. The Morgan fingerprint density at radius 2 is 1.60 bits per heavy atom. The lowest BCUT2D eigenvalue weighted by atomic mass is 10.1. The lowest BCUT2D eigenvalue weighted by Crippen LogP contribution is -2.45. The number of amides is 1. The van der Waals surface area contributed by atoms with E-state index in [1.165, 1.54) is 40.4 Å². The van der Waals surface area contributed by atoms with Gasteiger partial charge in [-0.05, 0) is 19.1 Å². The molecule has 1 atom stereocenters. The average Bonchev–Trinajstić information content (AvgIpc) is 2.45. The number of aliphatic carboxylic acids is 1. The molecule has 20 heavy (non-hydrogen) atoms. The number of hydrogen-bond acceptors (Lipinski definition) is 6. The minimum atomic E-state index is -1.37. The standard InChI is InChI=1S/C13H17NO6/c1-7(13(16)17)14-12(15)8-5-9(18-2)11(20-4)10(6-8)19-3/h5-7H,1-4H3,(H,14,15)(H,16,17)/p-1/t7-/m0/s1. The molecule has 0 aliphatic heterocycles. The molecular weight excluding hydrogens is 266 g/mol. The molecular formula is C13H16NO6-. The minimum Gasteiger partial charge on any atom is -0.548 e. The van der Waals surface area contributed by atoms with E-state index >= 15 is 0 Å². The molecule has 0 aromatic heterocycles. The molecule has 0 unspecified atom stereocenters. The first kappa shape index (κ1) is 15.6. The van der Waals surface area contributed by atoms with Crippen molar-refractivity contribution in [2.24, 2.45) is 0 Å². The number of methoxy groups -OCH3 is 3. The Labute approximate surface area is 116 Å². The van der Waals surface area contributed by atoms with E-state index in [9.17, 15) is 14.7 Å². The van der Waals surface area contributed by atoms with Crippen molar-refractivity contribution >= 4 is 11.9 Å². The van der Waals surface area contributed by atoms with Crippen LogP contribution in [0.5, 0.6) is 17.2 Å². The number of nitrogens with one attached hydrogen (secondary N) is 1. The van der Waals surface area contributed by atoms with Gasteiger partial charge in [0.15, 0.2) is 11.5 Å². The third kappa shape index (κ3) is 3.31. The SMILES string of the molecule is COc1cc(C(=O)N[C@@H](C)C(=O)[O-])cc(OC)c1OC. The highest BCUT2D eigenvalue weighted by Crippen LogP contribution is 2.38. The van der Waals surface area contributed by atoms with E-state index < -0.39 is 17.9 Å². The van der Waals surface area contributed by atoms with Crippen LogP contribution in [0.15, 0.2) is 12.1 Å². The number of rotatable bonds is 6. The second-order valence-corrected chi connectivity index (χ2v) is 3.93. The maximum atomic E-state index is 11.9. The molecule has 1 aromatic rings. The number of carbonyl (C=O) groups excluding carboxylic acids is 2. The van der Waals surface area contributed by atoms with E-state index in [0.29, 0.717) is 17.2 Å². The van der Waals surface area contributed by atoms with Crippen LogP contribution in [0.2, 0.25) is 0 Å². The van der Waals surface area contributed by atoms with Crippen molar-refractivity contribution in [1.29, 1.82) is 0 Å². The summed E-state index contributed by atoms with van der Waals surface area (Å²) in [5.41, 5.74) is 0.188. The van der Waals surface area contributed by atoms with Crippen LogP contribution in [-0.4, -0.2) is 39.2 Å². The zero-order chi connectivity index (χ0) is 15.3. The molecule has 1 amide bonds. The van der Waals surface area contributed by atoms with Gasteiger partial charge in [0.2, 0.25) is 5.75 Å². The summed E-state index contributed by atoms with van der Waals surface area (Å²) in [6, 6.07) is 1.75. The Balaban J connectivity index is 3.13. The minimum absolute atomic E-state index is 0.188. The summed E-state index contributed by atoms with van der Waals surface area (Å²) in [7, 11) is 4.28. The summed E-state index contributed by atoms with van der Waals surface area (Å²) in [6.07, 6.45) is 0. The summed E-state index contributed by atoms with van der Waals surface area (Å²) in [6.45, 7) is 1.31. The predicted molar refractivity (Wildman–Crippen MR) is 68.0 cm³/mol. The van der Waals surface area contributed by atoms with Crippen LogP contribution in [-0.2, 0) is 4.79 Å². The van der Waals surface area contributed by atoms with Crippen LogP contribution in [0.25, 0.3) is 0 Å². The van der Waals surface area contributed by atoms with Gasteiger partial charge < -0.3 is 29.4 Å². The van der Waals surface area contributed by atoms with Crippen molar-refractivity contribution in [3.63, 3.8) is 0 Å². The number of carbonyl (C=O) groups is 2. The zero-order valence-electron chi connectivity index (χ0n) is 11.7. The van der Waals surface area contributed by atoms with Crippen LogP contribution in [0.4, 0.5) is 0 Å². The fraction of sp³-hybridized carbons (Fsp3) is 0.385. The average molecular weight is 282 g/mol. The topological polar surface area (TPSA) is 96.9 Å². The monoisotopic (exact) mass is 282 g/mol. The Hall–Kier alpha value is -2.44. The van der Waals surface area contributed by atoms with Gasteiger partial charge in [-0.2, -0.15) is 0 Å². The van der Waals surface area contributed by atoms with E-state index in [4.69, 9.17) is 14.2 Å². The highest BCUT2D eigenvalue weighted by molar-refractivity contribution is 5.97. The van der Waals surface area contributed by atoms with Gasteiger partial charge in [-0.15, -0.1) is 0 Å². The second-order valence-electron chi connectivity index (χ2n) is 3.93. The number of benzene rings is 1. The highest BCUT2D eigenvalue weighted by atomic mass is 16.5. The van der Waals surface area contributed by atoms with E-state index in [-0.39, 0.29) is 5.56 Å². The van der Waals surface area contributed by atoms with Gasteiger partial charge in [-0.3, -0.25) is 4.79 Å². The number of ether oxygens (including phenoxy) is 3. The van der Waals surface area contributed by atoms with Crippen molar-refractivity contribution in [1.82, 2.24) is 5.32 Å². The van der Waals surface area contributed by atoms with Gasteiger partial charge in [0, 0.05) is 5.56 Å². The Bertz CT molecular complexity index is 489. The summed E-state index contributed by atoms with van der Waals surface area (Å²) in [5, 5.41) is 12.9. The van der Waals surface area contributed by atoms with Gasteiger partial charge in [0.05, 0.1) is 33.3 Å². The fourth-order valence-electron chi connectivity index (χ4n) is 1.55. The van der Waals surface area contributed by atoms with Gasteiger partial charge in [-0.1, -0.05) is 0 Å². The maximum Gasteiger partial charge on any atom is 0.252 e. The number of carboxylic acid groups (broad SMARTS) is 1. The normalized spacial score (nSPS) is 11.4. The van der Waals surface area contributed by atoms with Crippen LogP contribution in [0, 0.1) is 0 Å². The molecule has 1 rings (SSSR count). The maximum absolute atomic E-state index is 11.9. The molecule has 0 saturated carbocycles. The third-order valence-electron chi connectivity index (χ3n) is 2.63. The first-order valence-electron chi connectivity index (χ1n) is 5.76. The largest absolute Gasteiger partial charge is 0.548 e. The van der Waals surface area contributed by atoms with Crippen LogP contribution >= 0.6 is 0 Å². The third-order valence-corrected chi connectivity index (χ3v) is 2.63. The molecule has 0 bridgehead atoms. The smallest absolute Gasteiger partial charge is 0.252 e. The molecule has 1 aromatic carbocycles. The van der Waals surface area contributed by atoms with E-state index in [0.717, 1.165) is 0 Å². The molecule has 0 saturated heterocycles. The Morgan fingerprint density at radius 3 is 1.95 bits per heavy atom.